The van der Waals surface area contributed by atoms with Gasteiger partial charge in [-0.05, 0) is 69.7 Å². The Morgan fingerprint density at radius 2 is 1.42 bits per heavy atom. The van der Waals surface area contributed by atoms with Crippen LogP contribution in [0.4, 0.5) is 11.4 Å². The number of rotatable bonds is 6. The Balaban J connectivity index is 1.85. The molecule has 0 fully saturated rings. The molecule has 3 aromatic carbocycles. The predicted octanol–water partition coefficient (Wildman–Crippen LogP) is 4.58. The van der Waals surface area contributed by atoms with Crippen LogP contribution in [0.25, 0.3) is 0 Å². The molecule has 0 aliphatic heterocycles. The van der Waals surface area contributed by atoms with Gasteiger partial charge in [0.1, 0.15) is 0 Å². The van der Waals surface area contributed by atoms with Crippen molar-refractivity contribution in [1.82, 2.24) is 5.32 Å². The van der Waals surface area contributed by atoms with Crippen LogP contribution in [0.1, 0.15) is 47.1 Å². The minimum absolute atomic E-state index is 0.123. The van der Waals surface area contributed by atoms with E-state index in [2.05, 4.69) is 15.4 Å². The number of aryl methyl sites for hydroxylation is 1. The number of para-hydroxylation sites is 1. The zero-order chi connectivity index (χ0) is 24.2. The molecule has 0 aliphatic carbocycles. The Hall–Kier alpha value is -3.65. The Bertz CT molecular complexity index is 1280. The maximum absolute atomic E-state index is 13.0. The van der Waals surface area contributed by atoms with E-state index in [-0.39, 0.29) is 16.4 Å². The molecule has 3 N–H and O–H groups in total. The first-order valence-corrected chi connectivity index (χ1v) is 11.9. The van der Waals surface area contributed by atoms with Crippen LogP contribution >= 0.6 is 0 Å². The number of benzene rings is 3. The number of hydrogen-bond acceptors (Lipinski definition) is 4. The van der Waals surface area contributed by atoms with E-state index in [9.17, 15) is 18.0 Å². The van der Waals surface area contributed by atoms with Crippen molar-refractivity contribution < 1.29 is 18.0 Å². The van der Waals surface area contributed by atoms with Gasteiger partial charge in [0, 0.05) is 11.1 Å². The molecule has 0 aromatic heterocycles. The van der Waals surface area contributed by atoms with E-state index < -0.39 is 21.5 Å². The van der Waals surface area contributed by atoms with Gasteiger partial charge in [-0.1, -0.05) is 36.4 Å². The summed E-state index contributed by atoms with van der Waals surface area (Å²) >= 11 is 0. The number of sulfonamides is 1. The monoisotopic (exact) mass is 465 g/mol. The average Bonchev–Trinajstić information content (AvgIpc) is 2.75. The van der Waals surface area contributed by atoms with Gasteiger partial charge in [-0.25, -0.2) is 8.42 Å². The molecule has 0 saturated carbocycles. The molecule has 0 spiro atoms. The number of nitrogens with one attached hydrogen (secondary N) is 3. The predicted molar refractivity (Wildman–Crippen MR) is 130 cm³/mol. The fraction of sp³-hybridized carbons (Fsp3) is 0.200. The summed E-state index contributed by atoms with van der Waals surface area (Å²) < 4.78 is 28.0. The van der Waals surface area contributed by atoms with Gasteiger partial charge < -0.3 is 10.6 Å². The summed E-state index contributed by atoms with van der Waals surface area (Å²) in [6.45, 7) is 7.36. The lowest BCUT2D eigenvalue weighted by atomic mass is 10.1. The molecule has 3 aromatic rings. The van der Waals surface area contributed by atoms with Crippen molar-refractivity contribution in [3.63, 3.8) is 0 Å². The molecule has 0 bridgehead atoms. The molecule has 172 valence electrons. The first kappa shape index (κ1) is 24.0. The fourth-order valence-corrected chi connectivity index (χ4v) is 4.21. The fourth-order valence-electron chi connectivity index (χ4n) is 3.07. The molecule has 0 aliphatic rings. The van der Waals surface area contributed by atoms with E-state index in [1.807, 2.05) is 20.8 Å². The number of carbonyl (C=O) groups excluding carboxylic acids is 2. The highest BCUT2D eigenvalue weighted by Crippen LogP contribution is 2.23. The van der Waals surface area contributed by atoms with E-state index in [1.165, 1.54) is 18.2 Å². The third-order valence-corrected chi connectivity index (χ3v) is 6.09. The van der Waals surface area contributed by atoms with Crippen LogP contribution < -0.4 is 15.4 Å². The van der Waals surface area contributed by atoms with Gasteiger partial charge in [-0.2, -0.15) is 0 Å². The first-order valence-electron chi connectivity index (χ1n) is 10.4. The first-order chi connectivity index (χ1) is 15.5. The molecule has 8 heteroatoms. The van der Waals surface area contributed by atoms with Crippen molar-refractivity contribution in [2.75, 3.05) is 10.0 Å². The lowest BCUT2D eigenvalue weighted by molar-refractivity contribution is 0.0920. The Morgan fingerprint density at radius 1 is 0.788 bits per heavy atom. The van der Waals surface area contributed by atoms with Crippen LogP contribution in [-0.4, -0.2) is 25.8 Å². The molecular weight excluding hydrogens is 438 g/mol. The van der Waals surface area contributed by atoms with Gasteiger partial charge in [0.15, 0.2) is 0 Å². The van der Waals surface area contributed by atoms with Crippen LogP contribution in [0.3, 0.4) is 0 Å². The molecule has 0 unspecified atom stereocenters. The van der Waals surface area contributed by atoms with Crippen molar-refractivity contribution in [3.05, 3.63) is 89.5 Å². The second kappa shape index (κ2) is 9.46. The van der Waals surface area contributed by atoms with Crippen LogP contribution in [0.15, 0.2) is 77.7 Å². The number of amides is 2. The number of carbonyl (C=O) groups is 2. The van der Waals surface area contributed by atoms with E-state index >= 15 is 0 Å². The van der Waals surface area contributed by atoms with E-state index in [4.69, 9.17) is 0 Å². The quantitative estimate of drug-likeness (QED) is 0.496. The van der Waals surface area contributed by atoms with Gasteiger partial charge in [-0.3, -0.25) is 14.3 Å². The number of hydrogen-bond donors (Lipinski definition) is 3. The van der Waals surface area contributed by atoms with Crippen molar-refractivity contribution in [2.24, 2.45) is 0 Å². The Morgan fingerprint density at radius 3 is 2.09 bits per heavy atom. The van der Waals surface area contributed by atoms with Crippen LogP contribution in [-0.2, 0) is 10.0 Å². The molecule has 33 heavy (non-hydrogen) atoms. The lowest BCUT2D eigenvalue weighted by Gasteiger charge is -2.21. The topological polar surface area (TPSA) is 104 Å². The summed E-state index contributed by atoms with van der Waals surface area (Å²) in [5.74, 6) is -0.773. The summed E-state index contributed by atoms with van der Waals surface area (Å²) in [6, 6.07) is 19.4. The summed E-state index contributed by atoms with van der Waals surface area (Å²) in [6.07, 6.45) is 0. The van der Waals surface area contributed by atoms with E-state index in [0.29, 0.717) is 22.5 Å². The maximum Gasteiger partial charge on any atom is 0.261 e. The Kier molecular flexibility index (Phi) is 6.88. The lowest BCUT2D eigenvalue weighted by Crippen LogP contribution is -2.40. The summed E-state index contributed by atoms with van der Waals surface area (Å²) in [5, 5.41) is 5.64. The third-order valence-electron chi connectivity index (χ3n) is 4.71. The third kappa shape index (κ3) is 6.20. The van der Waals surface area contributed by atoms with Gasteiger partial charge in [0.25, 0.3) is 21.8 Å². The zero-order valence-electron chi connectivity index (χ0n) is 19.0. The normalized spacial score (nSPS) is 11.5. The summed E-state index contributed by atoms with van der Waals surface area (Å²) in [5.41, 5.74) is 1.46. The molecular formula is C25H27N3O4S. The molecule has 2 amide bonds. The highest BCUT2D eigenvalue weighted by atomic mass is 32.2. The highest BCUT2D eigenvalue weighted by molar-refractivity contribution is 7.92. The van der Waals surface area contributed by atoms with Crippen LogP contribution in [0, 0.1) is 6.92 Å². The molecule has 0 heterocycles. The molecule has 7 nitrogen and oxygen atoms in total. The number of anilines is 2. The van der Waals surface area contributed by atoms with Crippen molar-refractivity contribution in [2.45, 2.75) is 38.1 Å². The summed E-state index contributed by atoms with van der Waals surface area (Å²) in [4.78, 5) is 25.7. The van der Waals surface area contributed by atoms with Gasteiger partial charge in [0.2, 0.25) is 0 Å². The minimum Gasteiger partial charge on any atom is -0.347 e. The van der Waals surface area contributed by atoms with Crippen molar-refractivity contribution in [3.8, 4) is 0 Å². The van der Waals surface area contributed by atoms with Crippen molar-refractivity contribution >= 4 is 33.2 Å². The van der Waals surface area contributed by atoms with Gasteiger partial charge in [-0.15, -0.1) is 0 Å². The van der Waals surface area contributed by atoms with E-state index in [1.54, 1.807) is 61.5 Å². The van der Waals surface area contributed by atoms with Gasteiger partial charge >= 0.3 is 0 Å². The maximum atomic E-state index is 13.0. The Labute approximate surface area is 194 Å². The highest BCUT2D eigenvalue weighted by Gasteiger charge is 2.20. The largest absolute Gasteiger partial charge is 0.347 e. The van der Waals surface area contributed by atoms with Crippen LogP contribution in [0.5, 0.6) is 0 Å². The SMILES string of the molecule is Cc1ccc(C(=O)Nc2ccccc2C(=O)NC(C)(C)C)cc1NS(=O)(=O)c1ccccc1. The molecule has 0 saturated heterocycles. The van der Waals surface area contributed by atoms with Crippen molar-refractivity contribution in [1.29, 1.82) is 0 Å². The minimum atomic E-state index is -3.81. The molecule has 0 atom stereocenters. The van der Waals surface area contributed by atoms with Gasteiger partial charge in [0.05, 0.1) is 21.8 Å². The molecule has 0 radical (unpaired) electrons. The standard InChI is InChI=1S/C25H27N3O4S/c1-17-14-15-18(16-22(17)28-33(31,32)19-10-6-5-7-11-19)23(29)26-21-13-9-8-12-20(21)24(30)27-25(2,3)4/h5-16,28H,1-4H3,(H,26,29)(H,27,30). The summed E-state index contributed by atoms with van der Waals surface area (Å²) in [7, 11) is -3.81. The molecule has 3 rings (SSSR count). The second-order valence-electron chi connectivity index (χ2n) is 8.65. The zero-order valence-corrected chi connectivity index (χ0v) is 19.8. The second-order valence-corrected chi connectivity index (χ2v) is 10.3. The van der Waals surface area contributed by atoms with Crippen LogP contribution in [0.2, 0.25) is 0 Å². The average molecular weight is 466 g/mol. The smallest absolute Gasteiger partial charge is 0.261 e. The van der Waals surface area contributed by atoms with E-state index in [0.717, 1.165) is 0 Å².